The summed E-state index contributed by atoms with van der Waals surface area (Å²) in [7, 11) is 0. The van der Waals surface area contributed by atoms with Gasteiger partial charge in [0.15, 0.2) is 0 Å². The van der Waals surface area contributed by atoms with E-state index in [1.165, 1.54) is 70.6 Å². The average molecular weight is 307 g/mol. The highest BCUT2D eigenvalue weighted by atomic mass is 16.5. The van der Waals surface area contributed by atoms with E-state index >= 15 is 0 Å². The Balaban J connectivity index is 1.54. The molecule has 0 aromatic heterocycles. The molecule has 0 atom stereocenters. The molecule has 2 fully saturated rings. The Morgan fingerprint density at radius 3 is 1.91 bits per heavy atom. The van der Waals surface area contributed by atoms with Gasteiger partial charge in [-0.05, 0) is 76.0 Å². The summed E-state index contributed by atoms with van der Waals surface area (Å²) in [4.78, 5) is 0. The van der Waals surface area contributed by atoms with Gasteiger partial charge in [-0.2, -0.15) is 0 Å². The fraction of sp³-hybridized carbons (Fsp3) is 0.905. The standard InChI is InChI=1S/C21H38O/c1-3-5-6-18-7-9-19(10-8-18)11-12-20-13-15-21(16-14-20)22-17-4-2/h3,5,18-21H,4,6-17H2,1-2H3. The lowest BCUT2D eigenvalue weighted by atomic mass is 9.76. The van der Waals surface area contributed by atoms with Gasteiger partial charge in [0.1, 0.15) is 0 Å². The van der Waals surface area contributed by atoms with Crippen molar-refractivity contribution in [3.63, 3.8) is 0 Å². The molecule has 0 heterocycles. The van der Waals surface area contributed by atoms with Gasteiger partial charge in [0, 0.05) is 6.61 Å². The smallest absolute Gasteiger partial charge is 0.0575 e. The highest BCUT2D eigenvalue weighted by Gasteiger charge is 2.24. The Kier molecular flexibility index (Phi) is 8.59. The maximum absolute atomic E-state index is 5.91. The third-order valence-electron chi connectivity index (χ3n) is 6.01. The van der Waals surface area contributed by atoms with Crippen molar-refractivity contribution in [1.82, 2.24) is 0 Å². The molecule has 0 spiro atoms. The largest absolute Gasteiger partial charge is 0.378 e. The zero-order valence-corrected chi connectivity index (χ0v) is 15.1. The molecule has 0 saturated heterocycles. The van der Waals surface area contributed by atoms with Crippen LogP contribution in [-0.4, -0.2) is 12.7 Å². The molecule has 0 amide bonds. The molecule has 0 radical (unpaired) electrons. The van der Waals surface area contributed by atoms with Gasteiger partial charge >= 0.3 is 0 Å². The third kappa shape index (κ3) is 6.44. The van der Waals surface area contributed by atoms with Crippen LogP contribution in [0.3, 0.4) is 0 Å². The van der Waals surface area contributed by atoms with Crippen molar-refractivity contribution in [3.8, 4) is 0 Å². The molecule has 0 bridgehead atoms. The van der Waals surface area contributed by atoms with E-state index in [0.29, 0.717) is 6.10 Å². The van der Waals surface area contributed by atoms with Gasteiger partial charge in [0.05, 0.1) is 6.10 Å². The van der Waals surface area contributed by atoms with Crippen LogP contribution in [0.5, 0.6) is 0 Å². The van der Waals surface area contributed by atoms with E-state index < -0.39 is 0 Å². The van der Waals surface area contributed by atoms with Crippen LogP contribution in [0.4, 0.5) is 0 Å². The van der Waals surface area contributed by atoms with Crippen molar-refractivity contribution in [2.24, 2.45) is 17.8 Å². The summed E-state index contributed by atoms with van der Waals surface area (Å²) >= 11 is 0. The second-order valence-corrected chi connectivity index (χ2v) is 7.78. The molecule has 2 aliphatic carbocycles. The van der Waals surface area contributed by atoms with Crippen LogP contribution >= 0.6 is 0 Å². The number of allylic oxidation sites excluding steroid dienone is 2. The molecule has 0 aromatic carbocycles. The van der Waals surface area contributed by atoms with Crippen molar-refractivity contribution in [2.75, 3.05) is 6.61 Å². The van der Waals surface area contributed by atoms with Crippen molar-refractivity contribution in [2.45, 2.75) is 97.0 Å². The van der Waals surface area contributed by atoms with Crippen molar-refractivity contribution in [1.29, 1.82) is 0 Å². The highest BCUT2D eigenvalue weighted by molar-refractivity contribution is 4.83. The average Bonchev–Trinajstić information content (AvgIpc) is 2.58. The molecule has 2 aliphatic rings. The zero-order chi connectivity index (χ0) is 15.6. The Labute approximate surface area is 138 Å². The molecule has 0 unspecified atom stereocenters. The quantitative estimate of drug-likeness (QED) is 0.463. The fourth-order valence-electron chi connectivity index (χ4n) is 4.43. The summed E-state index contributed by atoms with van der Waals surface area (Å²) in [6.07, 6.45) is 22.1. The first-order valence-corrected chi connectivity index (χ1v) is 10.0. The topological polar surface area (TPSA) is 9.23 Å². The molecule has 2 saturated carbocycles. The summed E-state index contributed by atoms with van der Waals surface area (Å²) in [6, 6.07) is 0. The second kappa shape index (κ2) is 10.5. The summed E-state index contributed by atoms with van der Waals surface area (Å²) in [5, 5.41) is 0. The fourth-order valence-corrected chi connectivity index (χ4v) is 4.43. The van der Waals surface area contributed by atoms with E-state index in [2.05, 4.69) is 26.0 Å². The van der Waals surface area contributed by atoms with E-state index in [-0.39, 0.29) is 0 Å². The van der Waals surface area contributed by atoms with Crippen molar-refractivity contribution < 1.29 is 4.74 Å². The second-order valence-electron chi connectivity index (χ2n) is 7.78. The predicted molar refractivity (Wildman–Crippen MR) is 96.1 cm³/mol. The minimum Gasteiger partial charge on any atom is -0.378 e. The number of ether oxygens (including phenoxy) is 1. The Morgan fingerprint density at radius 2 is 1.36 bits per heavy atom. The van der Waals surface area contributed by atoms with Crippen LogP contribution in [0, 0.1) is 17.8 Å². The minimum atomic E-state index is 0.582. The minimum absolute atomic E-state index is 0.582. The lowest BCUT2D eigenvalue weighted by Crippen LogP contribution is -2.23. The third-order valence-corrected chi connectivity index (χ3v) is 6.01. The number of hydrogen-bond donors (Lipinski definition) is 0. The normalized spacial score (nSPS) is 33.4. The van der Waals surface area contributed by atoms with E-state index in [1.54, 1.807) is 0 Å². The van der Waals surface area contributed by atoms with E-state index in [4.69, 9.17) is 4.74 Å². The molecular weight excluding hydrogens is 268 g/mol. The predicted octanol–water partition coefficient (Wildman–Crippen LogP) is 6.52. The van der Waals surface area contributed by atoms with E-state index in [0.717, 1.165) is 30.8 Å². The van der Waals surface area contributed by atoms with Gasteiger partial charge in [-0.25, -0.2) is 0 Å². The SMILES string of the molecule is CC=CCC1CCC(CCC2CCC(OCCC)CC2)CC1. The maximum Gasteiger partial charge on any atom is 0.0575 e. The van der Waals surface area contributed by atoms with Crippen LogP contribution < -0.4 is 0 Å². The first-order valence-electron chi connectivity index (χ1n) is 10.0. The number of rotatable bonds is 8. The van der Waals surface area contributed by atoms with Gasteiger partial charge in [-0.3, -0.25) is 0 Å². The first-order chi connectivity index (χ1) is 10.8. The van der Waals surface area contributed by atoms with Crippen LogP contribution in [0.25, 0.3) is 0 Å². The van der Waals surface area contributed by atoms with Gasteiger partial charge < -0.3 is 4.74 Å². The van der Waals surface area contributed by atoms with E-state index in [9.17, 15) is 0 Å². The molecule has 2 rings (SSSR count). The number of hydrogen-bond acceptors (Lipinski definition) is 1. The summed E-state index contributed by atoms with van der Waals surface area (Å²) in [6.45, 7) is 5.32. The van der Waals surface area contributed by atoms with Gasteiger partial charge in [-0.1, -0.05) is 44.8 Å². The lowest BCUT2D eigenvalue weighted by Gasteiger charge is -2.31. The van der Waals surface area contributed by atoms with Gasteiger partial charge in [0.2, 0.25) is 0 Å². The molecule has 1 nitrogen and oxygen atoms in total. The first kappa shape index (κ1) is 18.0. The van der Waals surface area contributed by atoms with Crippen molar-refractivity contribution in [3.05, 3.63) is 12.2 Å². The molecule has 0 aromatic rings. The maximum atomic E-state index is 5.91. The molecule has 128 valence electrons. The van der Waals surface area contributed by atoms with Gasteiger partial charge in [-0.15, -0.1) is 0 Å². The Bertz CT molecular complexity index is 293. The molecule has 0 N–H and O–H groups in total. The summed E-state index contributed by atoms with van der Waals surface area (Å²) < 4.78 is 5.91. The molecular formula is C21H38O. The van der Waals surface area contributed by atoms with Crippen LogP contribution in [-0.2, 0) is 4.74 Å². The Morgan fingerprint density at radius 1 is 0.818 bits per heavy atom. The molecule has 22 heavy (non-hydrogen) atoms. The monoisotopic (exact) mass is 306 g/mol. The van der Waals surface area contributed by atoms with Crippen LogP contribution in [0.15, 0.2) is 12.2 Å². The molecule has 0 aliphatic heterocycles. The van der Waals surface area contributed by atoms with E-state index in [1.807, 2.05) is 0 Å². The lowest BCUT2D eigenvalue weighted by molar-refractivity contribution is 0.0168. The molecule has 1 heteroatoms. The highest BCUT2D eigenvalue weighted by Crippen LogP contribution is 2.36. The van der Waals surface area contributed by atoms with Crippen LogP contribution in [0.1, 0.15) is 90.9 Å². The van der Waals surface area contributed by atoms with Crippen LogP contribution in [0.2, 0.25) is 0 Å². The summed E-state index contributed by atoms with van der Waals surface area (Å²) in [5.41, 5.74) is 0. The Hall–Kier alpha value is -0.300. The van der Waals surface area contributed by atoms with Crippen molar-refractivity contribution >= 4 is 0 Å². The van der Waals surface area contributed by atoms with Gasteiger partial charge in [0.25, 0.3) is 0 Å². The summed E-state index contributed by atoms with van der Waals surface area (Å²) in [5.74, 6) is 3.02. The zero-order valence-electron chi connectivity index (χ0n) is 15.1.